The van der Waals surface area contributed by atoms with Crippen LogP contribution < -0.4 is 14.8 Å². The largest absolute Gasteiger partial charge is 0.493 e. The van der Waals surface area contributed by atoms with Crippen molar-refractivity contribution in [1.29, 1.82) is 0 Å². The number of nitrogens with one attached hydrogen (secondary N) is 1. The highest BCUT2D eigenvalue weighted by Crippen LogP contribution is 2.34. The summed E-state index contributed by atoms with van der Waals surface area (Å²) in [5.74, 6) is 0.593. The Labute approximate surface area is 160 Å². The number of carbonyl (C=O) groups is 1. The smallest absolute Gasteiger partial charge is 0.262 e. The van der Waals surface area contributed by atoms with Crippen molar-refractivity contribution in [2.24, 2.45) is 0 Å². The Morgan fingerprint density at radius 1 is 1.11 bits per heavy atom. The van der Waals surface area contributed by atoms with E-state index in [0.717, 1.165) is 10.3 Å². The summed E-state index contributed by atoms with van der Waals surface area (Å²) in [4.78, 5) is 13.2. The first kappa shape index (κ1) is 19.1. The Morgan fingerprint density at radius 2 is 1.89 bits per heavy atom. The van der Waals surface area contributed by atoms with Crippen molar-refractivity contribution in [2.45, 2.75) is 13.2 Å². The minimum atomic E-state index is -0.352. The van der Waals surface area contributed by atoms with E-state index in [2.05, 4.69) is 5.32 Å². The number of rotatable bonds is 7. The quantitative estimate of drug-likeness (QED) is 0.660. The molecule has 2 aromatic carbocycles. The number of fused-ring (bicyclic) bond motifs is 1. The van der Waals surface area contributed by atoms with Crippen LogP contribution in [0.1, 0.15) is 20.8 Å². The van der Waals surface area contributed by atoms with Crippen LogP contribution in [0.25, 0.3) is 10.1 Å². The van der Waals surface area contributed by atoms with Gasteiger partial charge in [0, 0.05) is 29.3 Å². The average Bonchev–Trinajstić information content (AvgIpc) is 3.06. The van der Waals surface area contributed by atoms with Crippen molar-refractivity contribution >= 4 is 27.3 Å². The van der Waals surface area contributed by atoms with Gasteiger partial charge < -0.3 is 19.5 Å². The molecule has 0 aliphatic heterocycles. The fourth-order valence-electron chi connectivity index (χ4n) is 2.89. The topological polar surface area (TPSA) is 56.8 Å². The van der Waals surface area contributed by atoms with Crippen LogP contribution in [0.4, 0.5) is 4.39 Å². The Balaban J connectivity index is 1.84. The van der Waals surface area contributed by atoms with Gasteiger partial charge in [-0.05, 0) is 29.8 Å². The van der Waals surface area contributed by atoms with Gasteiger partial charge >= 0.3 is 0 Å². The van der Waals surface area contributed by atoms with Crippen LogP contribution in [-0.4, -0.2) is 27.2 Å². The van der Waals surface area contributed by atoms with E-state index in [1.807, 2.05) is 6.07 Å². The van der Waals surface area contributed by atoms with Gasteiger partial charge in [-0.3, -0.25) is 4.79 Å². The summed E-state index contributed by atoms with van der Waals surface area (Å²) >= 11 is 1.26. The number of carbonyl (C=O) groups excluding carboxylic acids is 1. The molecule has 7 heteroatoms. The minimum absolute atomic E-state index is 0.167. The Kier molecular flexibility index (Phi) is 5.93. The highest BCUT2D eigenvalue weighted by atomic mass is 32.1. The lowest BCUT2D eigenvalue weighted by atomic mass is 10.1. The number of hydrogen-bond acceptors (Lipinski definition) is 5. The third-order valence-corrected chi connectivity index (χ3v) is 5.36. The molecule has 1 heterocycles. The van der Waals surface area contributed by atoms with Crippen molar-refractivity contribution in [2.75, 3.05) is 21.3 Å². The third kappa shape index (κ3) is 3.89. The van der Waals surface area contributed by atoms with Crippen molar-refractivity contribution in [3.05, 3.63) is 58.2 Å². The normalized spacial score (nSPS) is 10.8. The molecule has 0 saturated heterocycles. The summed E-state index contributed by atoms with van der Waals surface area (Å²) in [6, 6.07) is 10.3. The Hall–Kier alpha value is -2.64. The molecule has 1 amide bonds. The SMILES string of the molecule is COCc1c(C(=O)NCc2ccc(OC)c(OC)c2)sc2cccc(F)c12. The molecule has 3 rings (SSSR count). The van der Waals surface area contributed by atoms with Crippen LogP contribution in [0.2, 0.25) is 0 Å². The molecule has 1 aromatic heterocycles. The monoisotopic (exact) mass is 389 g/mol. The zero-order chi connectivity index (χ0) is 19.4. The highest BCUT2D eigenvalue weighted by molar-refractivity contribution is 7.21. The maximum Gasteiger partial charge on any atom is 0.262 e. The lowest BCUT2D eigenvalue weighted by Crippen LogP contribution is -2.23. The molecule has 0 atom stereocenters. The first-order valence-electron chi connectivity index (χ1n) is 8.27. The van der Waals surface area contributed by atoms with Crippen molar-refractivity contribution in [1.82, 2.24) is 5.32 Å². The second-order valence-electron chi connectivity index (χ2n) is 5.83. The lowest BCUT2D eigenvalue weighted by Gasteiger charge is -2.10. The van der Waals surface area contributed by atoms with E-state index in [-0.39, 0.29) is 18.3 Å². The van der Waals surface area contributed by atoms with E-state index in [9.17, 15) is 9.18 Å². The fourth-order valence-corrected chi connectivity index (χ4v) is 4.02. The van der Waals surface area contributed by atoms with Crippen molar-refractivity contribution in [3.63, 3.8) is 0 Å². The van der Waals surface area contributed by atoms with E-state index >= 15 is 0 Å². The summed E-state index contributed by atoms with van der Waals surface area (Å²) in [6.07, 6.45) is 0. The number of hydrogen-bond donors (Lipinski definition) is 1. The summed E-state index contributed by atoms with van der Waals surface area (Å²) in [7, 11) is 4.65. The standard InChI is InChI=1S/C20H20FNO4S/c1-24-11-13-18-14(21)5-4-6-17(18)27-19(13)20(23)22-10-12-7-8-15(25-2)16(9-12)26-3/h4-9H,10-11H2,1-3H3,(H,22,23). The zero-order valence-corrected chi connectivity index (χ0v) is 16.1. The van der Waals surface area contributed by atoms with Gasteiger partial charge in [0.05, 0.1) is 25.7 Å². The number of ether oxygens (including phenoxy) is 3. The molecule has 0 aliphatic carbocycles. The number of amides is 1. The molecule has 0 saturated carbocycles. The minimum Gasteiger partial charge on any atom is -0.493 e. The predicted octanol–water partition coefficient (Wildman–Crippen LogP) is 4.13. The van der Waals surface area contributed by atoms with Crippen molar-refractivity contribution in [3.8, 4) is 11.5 Å². The van der Waals surface area contributed by atoms with Crippen molar-refractivity contribution < 1.29 is 23.4 Å². The molecular formula is C20H20FNO4S. The number of thiophene rings is 1. The second-order valence-corrected chi connectivity index (χ2v) is 6.88. The maximum atomic E-state index is 14.2. The molecule has 27 heavy (non-hydrogen) atoms. The van der Waals surface area contributed by atoms with Gasteiger partial charge in [-0.2, -0.15) is 0 Å². The summed E-state index contributed by atoms with van der Waals surface area (Å²) < 4.78 is 30.6. The molecule has 142 valence electrons. The zero-order valence-electron chi connectivity index (χ0n) is 15.3. The van der Waals surface area contributed by atoms with E-state index in [4.69, 9.17) is 14.2 Å². The second kappa shape index (κ2) is 8.37. The van der Waals surface area contributed by atoms with Gasteiger partial charge in [-0.1, -0.05) is 12.1 Å². The molecule has 5 nitrogen and oxygen atoms in total. The van der Waals surface area contributed by atoms with Crippen LogP contribution in [-0.2, 0) is 17.9 Å². The molecule has 0 aliphatic rings. The number of benzene rings is 2. The van der Waals surface area contributed by atoms with Gasteiger partial charge in [-0.15, -0.1) is 11.3 Å². The molecule has 0 bridgehead atoms. The molecule has 0 unspecified atom stereocenters. The van der Waals surface area contributed by atoms with Gasteiger partial charge in [0.2, 0.25) is 0 Å². The summed E-state index contributed by atoms with van der Waals surface area (Å²) in [5.41, 5.74) is 1.43. The number of methoxy groups -OCH3 is 3. The summed E-state index contributed by atoms with van der Waals surface area (Å²) in [5, 5.41) is 3.33. The van der Waals surface area contributed by atoms with E-state index in [1.54, 1.807) is 38.5 Å². The first-order chi connectivity index (χ1) is 13.1. The maximum absolute atomic E-state index is 14.2. The van der Waals surface area contributed by atoms with Crippen LogP contribution in [0.3, 0.4) is 0 Å². The third-order valence-electron chi connectivity index (χ3n) is 4.16. The van der Waals surface area contributed by atoms with Gasteiger partial charge in [0.15, 0.2) is 11.5 Å². The Morgan fingerprint density at radius 3 is 2.59 bits per heavy atom. The van der Waals surface area contributed by atoms with Crippen LogP contribution >= 0.6 is 11.3 Å². The highest BCUT2D eigenvalue weighted by Gasteiger charge is 2.20. The first-order valence-corrected chi connectivity index (χ1v) is 9.08. The molecular weight excluding hydrogens is 369 g/mol. The average molecular weight is 389 g/mol. The van der Waals surface area contributed by atoms with Gasteiger partial charge in [0.25, 0.3) is 5.91 Å². The van der Waals surface area contributed by atoms with Gasteiger partial charge in [-0.25, -0.2) is 4.39 Å². The molecule has 3 aromatic rings. The molecule has 0 fully saturated rings. The van der Waals surface area contributed by atoms with E-state index in [0.29, 0.717) is 33.9 Å². The lowest BCUT2D eigenvalue weighted by molar-refractivity contribution is 0.0950. The van der Waals surface area contributed by atoms with E-state index < -0.39 is 0 Å². The molecule has 1 N–H and O–H groups in total. The predicted molar refractivity (Wildman–Crippen MR) is 103 cm³/mol. The summed E-state index contributed by atoms with van der Waals surface area (Å²) in [6.45, 7) is 0.475. The van der Waals surface area contributed by atoms with Gasteiger partial charge in [0.1, 0.15) is 5.82 Å². The molecule has 0 spiro atoms. The van der Waals surface area contributed by atoms with Crippen LogP contribution in [0, 0.1) is 5.82 Å². The number of halogens is 1. The Bertz CT molecular complexity index is 970. The van der Waals surface area contributed by atoms with E-state index in [1.165, 1.54) is 24.5 Å². The van der Waals surface area contributed by atoms with Crippen LogP contribution in [0.15, 0.2) is 36.4 Å². The fraction of sp³-hybridized carbons (Fsp3) is 0.250. The van der Waals surface area contributed by atoms with Crippen LogP contribution in [0.5, 0.6) is 11.5 Å². The molecule has 0 radical (unpaired) electrons.